The molecule has 0 aromatic heterocycles. The highest BCUT2D eigenvalue weighted by Gasteiger charge is 2.33. The van der Waals surface area contributed by atoms with Crippen LogP contribution < -0.4 is 5.32 Å². The predicted octanol–water partition coefficient (Wildman–Crippen LogP) is 1.41. The van der Waals surface area contributed by atoms with E-state index in [1.807, 2.05) is 0 Å². The fraction of sp³-hybridized carbons (Fsp3) is 1.00. The Kier molecular flexibility index (Phi) is 6.33. The number of aliphatic hydroxyl groups excluding tert-OH is 1. The van der Waals surface area contributed by atoms with E-state index in [1.165, 1.54) is 0 Å². The van der Waals surface area contributed by atoms with Gasteiger partial charge in [-0.25, -0.2) is 0 Å². The van der Waals surface area contributed by atoms with Crippen molar-refractivity contribution in [1.82, 2.24) is 5.32 Å². The molecule has 0 radical (unpaired) electrons. The molecule has 0 fully saturated rings. The van der Waals surface area contributed by atoms with Crippen molar-refractivity contribution >= 4 is 0 Å². The van der Waals surface area contributed by atoms with Crippen LogP contribution >= 0.6 is 0 Å². The van der Waals surface area contributed by atoms with Crippen molar-refractivity contribution < 1.29 is 9.84 Å². The van der Waals surface area contributed by atoms with E-state index in [2.05, 4.69) is 33.0 Å². The van der Waals surface area contributed by atoms with Crippen molar-refractivity contribution in [2.24, 2.45) is 5.92 Å². The monoisotopic (exact) mass is 203 g/mol. The Morgan fingerprint density at radius 1 is 1.36 bits per heavy atom. The summed E-state index contributed by atoms with van der Waals surface area (Å²) in [5.74, 6) is 0.349. The standard InChI is InChI=1S/C11H25NO2/c1-6-10(4)12-11(7-13,8-14-5)9(2)3/h9-10,12-13H,6-8H2,1-5H3. The Labute approximate surface area is 87.8 Å². The van der Waals surface area contributed by atoms with Gasteiger partial charge in [0.25, 0.3) is 0 Å². The lowest BCUT2D eigenvalue weighted by Gasteiger charge is -2.38. The lowest BCUT2D eigenvalue weighted by Crippen LogP contribution is -2.58. The molecule has 3 heteroatoms. The largest absolute Gasteiger partial charge is 0.394 e. The maximum atomic E-state index is 9.48. The first-order valence-corrected chi connectivity index (χ1v) is 5.40. The molecule has 0 heterocycles. The van der Waals surface area contributed by atoms with E-state index in [4.69, 9.17) is 4.74 Å². The molecule has 0 saturated heterocycles. The van der Waals surface area contributed by atoms with Crippen molar-refractivity contribution in [1.29, 1.82) is 0 Å². The molecule has 0 rings (SSSR count). The zero-order valence-electron chi connectivity index (χ0n) is 10.1. The average Bonchev–Trinajstić information content (AvgIpc) is 2.16. The molecule has 2 atom stereocenters. The van der Waals surface area contributed by atoms with Gasteiger partial charge >= 0.3 is 0 Å². The van der Waals surface area contributed by atoms with Crippen LogP contribution in [0, 0.1) is 5.92 Å². The van der Waals surface area contributed by atoms with Gasteiger partial charge in [-0.1, -0.05) is 20.8 Å². The number of hydrogen-bond acceptors (Lipinski definition) is 3. The smallest absolute Gasteiger partial charge is 0.0675 e. The maximum Gasteiger partial charge on any atom is 0.0675 e. The summed E-state index contributed by atoms with van der Waals surface area (Å²) < 4.78 is 5.18. The molecule has 3 nitrogen and oxygen atoms in total. The molecule has 2 N–H and O–H groups in total. The van der Waals surface area contributed by atoms with Crippen LogP contribution in [0.3, 0.4) is 0 Å². The molecule has 86 valence electrons. The Hall–Kier alpha value is -0.120. The molecule has 0 bridgehead atoms. The van der Waals surface area contributed by atoms with Gasteiger partial charge in [0.2, 0.25) is 0 Å². The lowest BCUT2D eigenvalue weighted by atomic mass is 9.87. The van der Waals surface area contributed by atoms with E-state index in [-0.39, 0.29) is 12.1 Å². The summed E-state index contributed by atoms with van der Waals surface area (Å²) in [7, 11) is 1.67. The molecule has 14 heavy (non-hydrogen) atoms. The van der Waals surface area contributed by atoms with Crippen molar-refractivity contribution in [2.45, 2.75) is 45.7 Å². The van der Waals surface area contributed by atoms with Gasteiger partial charge in [0.1, 0.15) is 0 Å². The number of hydrogen-bond donors (Lipinski definition) is 2. The molecule has 0 saturated carbocycles. The Morgan fingerprint density at radius 2 is 1.93 bits per heavy atom. The fourth-order valence-corrected chi connectivity index (χ4v) is 1.50. The number of rotatable bonds is 7. The minimum atomic E-state index is -0.301. The second-order valence-corrected chi connectivity index (χ2v) is 4.36. The van der Waals surface area contributed by atoms with E-state index in [9.17, 15) is 5.11 Å². The molecule has 0 spiro atoms. The molecule has 0 aliphatic rings. The Morgan fingerprint density at radius 3 is 2.21 bits per heavy atom. The van der Waals surface area contributed by atoms with Crippen LogP contribution in [-0.2, 0) is 4.74 Å². The molecular weight excluding hydrogens is 178 g/mol. The summed E-state index contributed by atoms with van der Waals surface area (Å²) in [6.07, 6.45) is 1.05. The van der Waals surface area contributed by atoms with E-state index in [0.717, 1.165) is 6.42 Å². The van der Waals surface area contributed by atoms with E-state index in [1.54, 1.807) is 7.11 Å². The SMILES string of the molecule is CCC(C)NC(CO)(COC)C(C)C. The summed E-state index contributed by atoms with van der Waals surface area (Å²) in [4.78, 5) is 0. The normalized spacial score (nSPS) is 18.2. The van der Waals surface area contributed by atoms with Crippen LogP contribution in [0.4, 0.5) is 0 Å². The first kappa shape index (κ1) is 13.9. The van der Waals surface area contributed by atoms with Crippen LogP contribution in [0.15, 0.2) is 0 Å². The highest BCUT2D eigenvalue weighted by atomic mass is 16.5. The number of aliphatic hydroxyl groups is 1. The van der Waals surface area contributed by atoms with E-state index in [0.29, 0.717) is 18.6 Å². The van der Waals surface area contributed by atoms with E-state index < -0.39 is 0 Å². The number of methoxy groups -OCH3 is 1. The molecular formula is C11H25NO2. The topological polar surface area (TPSA) is 41.5 Å². The first-order valence-electron chi connectivity index (χ1n) is 5.40. The summed E-state index contributed by atoms with van der Waals surface area (Å²) in [5.41, 5.74) is -0.301. The minimum absolute atomic E-state index is 0.114. The third-order valence-electron chi connectivity index (χ3n) is 2.94. The summed E-state index contributed by atoms with van der Waals surface area (Å²) in [6, 6.07) is 0.403. The molecule has 0 aliphatic carbocycles. The van der Waals surface area contributed by atoms with Gasteiger partial charge in [0, 0.05) is 13.2 Å². The minimum Gasteiger partial charge on any atom is -0.394 e. The van der Waals surface area contributed by atoms with Crippen LogP contribution in [0.1, 0.15) is 34.1 Å². The van der Waals surface area contributed by atoms with Crippen LogP contribution in [0.2, 0.25) is 0 Å². The van der Waals surface area contributed by atoms with Gasteiger partial charge in [-0.2, -0.15) is 0 Å². The fourth-order valence-electron chi connectivity index (χ4n) is 1.50. The highest BCUT2D eigenvalue weighted by molar-refractivity contribution is 4.92. The van der Waals surface area contributed by atoms with Crippen molar-refractivity contribution in [3.63, 3.8) is 0 Å². The number of ether oxygens (including phenoxy) is 1. The second-order valence-electron chi connectivity index (χ2n) is 4.36. The number of nitrogens with one attached hydrogen (secondary N) is 1. The predicted molar refractivity (Wildman–Crippen MR) is 59.4 cm³/mol. The third kappa shape index (κ3) is 3.56. The van der Waals surface area contributed by atoms with Crippen molar-refractivity contribution in [3.05, 3.63) is 0 Å². The summed E-state index contributed by atoms with van der Waals surface area (Å²) in [5, 5.41) is 12.9. The Bertz CT molecular complexity index is 150. The van der Waals surface area contributed by atoms with Crippen molar-refractivity contribution in [2.75, 3.05) is 20.3 Å². The molecule has 0 aliphatic heterocycles. The highest BCUT2D eigenvalue weighted by Crippen LogP contribution is 2.18. The molecule has 0 aromatic rings. The van der Waals surface area contributed by atoms with Gasteiger partial charge in [0.15, 0.2) is 0 Å². The summed E-state index contributed by atoms with van der Waals surface area (Å²) >= 11 is 0. The van der Waals surface area contributed by atoms with Gasteiger partial charge in [0.05, 0.1) is 18.8 Å². The average molecular weight is 203 g/mol. The van der Waals surface area contributed by atoms with Crippen LogP contribution in [0.5, 0.6) is 0 Å². The maximum absolute atomic E-state index is 9.48. The second kappa shape index (κ2) is 6.38. The lowest BCUT2D eigenvalue weighted by molar-refractivity contribution is 0.0262. The quantitative estimate of drug-likeness (QED) is 0.657. The zero-order chi connectivity index (χ0) is 11.2. The van der Waals surface area contributed by atoms with Gasteiger partial charge in [-0.15, -0.1) is 0 Å². The van der Waals surface area contributed by atoms with Crippen LogP contribution in [-0.4, -0.2) is 37.0 Å². The van der Waals surface area contributed by atoms with E-state index >= 15 is 0 Å². The zero-order valence-corrected chi connectivity index (χ0v) is 10.1. The van der Waals surface area contributed by atoms with Crippen molar-refractivity contribution in [3.8, 4) is 0 Å². The molecule has 2 unspecified atom stereocenters. The van der Waals surface area contributed by atoms with Gasteiger partial charge < -0.3 is 15.2 Å². The molecule has 0 aromatic carbocycles. The first-order chi connectivity index (χ1) is 6.52. The van der Waals surface area contributed by atoms with Gasteiger partial charge in [-0.05, 0) is 19.3 Å². The third-order valence-corrected chi connectivity index (χ3v) is 2.94. The van der Waals surface area contributed by atoms with Crippen LogP contribution in [0.25, 0.3) is 0 Å². The summed E-state index contributed by atoms with van der Waals surface area (Å²) in [6.45, 7) is 9.12. The van der Waals surface area contributed by atoms with Gasteiger partial charge in [-0.3, -0.25) is 0 Å². The Balaban J connectivity index is 4.48. The molecule has 0 amide bonds.